The Balaban J connectivity index is 1.88. The molecule has 78 valence electrons. The lowest BCUT2D eigenvalue weighted by molar-refractivity contribution is 0.161. The highest BCUT2D eigenvalue weighted by atomic mass is 32.1. The quantitative estimate of drug-likeness (QED) is 0.784. The van der Waals surface area contributed by atoms with E-state index in [1.54, 1.807) is 0 Å². The van der Waals surface area contributed by atoms with Crippen LogP contribution in [0, 0.1) is 5.92 Å². The molecule has 1 saturated heterocycles. The van der Waals surface area contributed by atoms with Gasteiger partial charge in [0.25, 0.3) is 0 Å². The number of hydrogen-bond acceptors (Lipinski definition) is 5. The summed E-state index contributed by atoms with van der Waals surface area (Å²) in [7, 11) is 0. The Bertz CT molecular complexity index is 274. The van der Waals surface area contributed by atoms with Gasteiger partial charge in [-0.3, -0.25) is 4.90 Å². The second-order valence-corrected chi connectivity index (χ2v) is 4.62. The predicted octanol–water partition coefficient (Wildman–Crippen LogP) is 0.707. The molecule has 2 atom stereocenters. The minimum Gasteiger partial charge on any atom is -0.326 e. The summed E-state index contributed by atoms with van der Waals surface area (Å²) in [6.07, 6.45) is 3.03. The minimum atomic E-state index is 0.315. The smallest absolute Gasteiger partial charge is 0.0883 e. The molecule has 0 aromatic carbocycles. The van der Waals surface area contributed by atoms with E-state index in [1.165, 1.54) is 18.1 Å². The fourth-order valence-electron chi connectivity index (χ4n) is 1.80. The highest BCUT2D eigenvalue weighted by molar-refractivity contribution is 6.99. The summed E-state index contributed by atoms with van der Waals surface area (Å²) >= 11 is 1.27. The second kappa shape index (κ2) is 4.33. The molecular formula is C9H16N4S. The first-order valence-electron chi connectivity index (χ1n) is 5.00. The van der Waals surface area contributed by atoms with Crippen molar-refractivity contribution in [1.82, 2.24) is 13.6 Å². The van der Waals surface area contributed by atoms with Gasteiger partial charge in [0.2, 0.25) is 0 Å². The molecule has 0 bridgehead atoms. The largest absolute Gasteiger partial charge is 0.326 e. The van der Waals surface area contributed by atoms with E-state index in [9.17, 15) is 0 Å². The van der Waals surface area contributed by atoms with Gasteiger partial charge in [0.1, 0.15) is 0 Å². The van der Waals surface area contributed by atoms with Crippen LogP contribution in [0.4, 0.5) is 0 Å². The van der Waals surface area contributed by atoms with Crippen molar-refractivity contribution in [3.05, 3.63) is 11.9 Å². The van der Waals surface area contributed by atoms with Crippen molar-refractivity contribution in [3.63, 3.8) is 0 Å². The zero-order valence-corrected chi connectivity index (χ0v) is 9.20. The average Bonchev–Trinajstić information content (AvgIpc) is 2.64. The highest BCUT2D eigenvalue weighted by Crippen LogP contribution is 2.16. The van der Waals surface area contributed by atoms with Gasteiger partial charge in [0, 0.05) is 19.1 Å². The van der Waals surface area contributed by atoms with Gasteiger partial charge >= 0.3 is 0 Å². The maximum absolute atomic E-state index is 6.02. The number of nitrogens with two attached hydrogens (primary N) is 1. The summed E-state index contributed by atoms with van der Waals surface area (Å²) < 4.78 is 8.20. The SMILES string of the molecule is CC1CCN(Cc2cnsn2)CC1N. The first-order chi connectivity index (χ1) is 6.75. The molecule has 1 aromatic heterocycles. The Labute approximate surface area is 88.4 Å². The van der Waals surface area contributed by atoms with Crippen molar-refractivity contribution in [2.24, 2.45) is 11.7 Å². The molecule has 2 N–H and O–H groups in total. The topological polar surface area (TPSA) is 55.0 Å². The monoisotopic (exact) mass is 212 g/mol. The van der Waals surface area contributed by atoms with Crippen LogP contribution in [0.25, 0.3) is 0 Å². The standard InChI is InChI=1S/C9H16N4S/c1-7-2-3-13(6-9(7)10)5-8-4-11-14-12-8/h4,7,9H,2-3,5-6,10H2,1H3. The summed E-state index contributed by atoms with van der Waals surface area (Å²) in [6.45, 7) is 5.24. The van der Waals surface area contributed by atoms with Gasteiger partial charge in [-0.05, 0) is 18.9 Å². The van der Waals surface area contributed by atoms with Crippen LogP contribution >= 0.6 is 11.7 Å². The fourth-order valence-corrected chi connectivity index (χ4v) is 2.22. The van der Waals surface area contributed by atoms with Crippen molar-refractivity contribution in [2.45, 2.75) is 25.9 Å². The van der Waals surface area contributed by atoms with E-state index in [0.717, 1.165) is 25.3 Å². The van der Waals surface area contributed by atoms with Gasteiger partial charge in [0.15, 0.2) is 0 Å². The van der Waals surface area contributed by atoms with Crippen molar-refractivity contribution in [2.75, 3.05) is 13.1 Å². The third-order valence-electron chi connectivity index (χ3n) is 2.89. The molecule has 2 rings (SSSR count). The van der Waals surface area contributed by atoms with Crippen LogP contribution in [0.3, 0.4) is 0 Å². The summed E-state index contributed by atoms with van der Waals surface area (Å²) in [4.78, 5) is 2.36. The number of rotatable bonds is 2. The Morgan fingerprint density at radius 1 is 1.71 bits per heavy atom. The van der Waals surface area contributed by atoms with Crippen LogP contribution in [0.5, 0.6) is 0 Å². The molecule has 14 heavy (non-hydrogen) atoms. The van der Waals surface area contributed by atoms with Crippen molar-refractivity contribution in [1.29, 1.82) is 0 Å². The van der Waals surface area contributed by atoms with E-state index in [4.69, 9.17) is 5.73 Å². The molecule has 0 saturated carbocycles. The molecule has 0 spiro atoms. The van der Waals surface area contributed by atoms with Gasteiger partial charge < -0.3 is 5.73 Å². The zero-order chi connectivity index (χ0) is 9.97. The lowest BCUT2D eigenvalue weighted by Gasteiger charge is -2.34. The predicted molar refractivity (Wildman–Crippen MR) is 56.9 cm³/mol. The van der Waals surface area contributed by atoms with E-state index < -0.39 is 0 Å². The van der Waals surface area contributed by atoms with Crippen LogP contribution in [0.15, 0.2) is 6.20 Å². The Kier molecular flexibility index (Phi) is 3.10. The Morgan fingerprint density at radius 2 is 2.57 bits per heavy atom. The molecule has 0 aliphatic carbocycles. The lowest BCUT2D eigenvalue weighted by Crippen LogP contribution is -2.47. The molecule has 2 heterocycles. The van der Waals surface area contributed by atoms with Crippen molar-refractivity contribution in [3.8, 4) is 0 Å². The second-order valence-electron chi connectivity index (χ2n) is 4.06. The molecule has 1 aliphatic heterocycles. The molecule has 0 radical (unpaired) electrons. The van der Waals surface area contributed by atoms with Gasteiger partial charge in [-0.25, -0.2) is 0 Å². The van der Waals surface area contributed by atoms with E-state index in [1.807, 2.05) is 6.20 Å². The third kappa shape index (κ3) is 2.29. The first kappa shape index (κ1) is 10.0. The summed E-state index contributed by atoms with van der Waals surface area (Å²) in [5, 5.41) is 0. The molecular weight excluding hydrogens is 196 g/mol. The third-order valence-corrected chi connectivity index (χ3v) is 3.41. The number of piperidine rings is 1. The van der Waals surface area contributed by atoms with E-state index in [-0.39, 0.29) is 0 Å². The molecule has 4 nitrogen and oxygen atoms in total. The van der Waals surface area contributed by atoms with Crippen LogP contribution in [-0.4, -0.2) is 32.8 Å². The van der Waals surface area contributed by atoms with Gasteiger partial charge in [-0.1, -0.05) is 6.92 Å². The summed E-state index contributed by atoms with van der Waals surface area (Å²) in [5.41, 5.74) is 7.09. The van der Waals surface area contributed by atoms with Gasteiger partial charge in [-0.2, -0.15) is 8.75 Å². The summed E-state index contributed by atoms with van der Waals surface area (Å²) in [5.74, 6) is 0.653. The van der Waals surface area contributed by atoms with Crippen LogP contribution < -0.4 is 5.73 Å². The van der Waals surface area contributed by atoms with Crippen LogP contribution in [-0.2, 0) is 6.54 Å². The zero-order valence-electron chi connectivity index (χ0n) is 8.39. The van der Waals surface area contributed by atoms with Gasteiger partial charge in [-0.15, -0.1) is 0 Å². The highest BCUT2D eigenvalue weighted by Gasteiger charge is 2.23. The summed E-state index contributed by atoms with van der Waals surface area (Å²) in [6, 6.07) is 0.315. The average molecular weight is 212 g/mol. The molecule has 0 amide bonds. The Hall–Kier alpha value is -0.520. The van der Waals surface area contributed by atoms with E-state index in [2.05, 4.69) is 20.6 Å². The number of likely N-dealkylation sites (tertiary alicyclic amines) is 1. The van der Waals surface area contributed by atoms with Crippen LogP contribution in [0.1, 0.15) is 19.0 Å². The molecule has 1 aliphatic rings. The molecule has 5 heteroatoms. The first-order valence-corrected chi connectivity index (χ1v) is 5.73. The normalized spacial score (nSPS) is 29.3. The number of hydrogen-bond donors (Lipinski definition) is 1. The fraction of sp³-hybridized carbons (Fsp3) is 0.778. The Morgan fingerprint density at radius 3 is 3.21 bits per heavy atom. The molecule has 2 unspecified atom stereocenters. The minimum absolute atomic E-state index is 0.315. The lowest BCUT2D eigenvalue weighted by atomic mass is 9.94. The maximum Gasteiger partial charge on any atom is 0.0883 e. The van der Waals surface area contributed by atoms with Crippen LogP contribution in [0.2, 0.25) is 0 Å². The molecule has 1 fully saturated rings. The number of nitrogens with zero attached hydrogens (tertiary/aromatic N) is 3. The van der Waals surface area contributed by atoms with E-state index in [0.29, 0.717) is 12.0 Å². The van der Waals surface area contributed by atoms with Gasteiger partial charge in [0.05, 0.1) is 23.6 Å². The van der Waals surface area contributed by atoms with Crippen molar-refractivity contribution < 1.29 is 0 Å². The number of aromatic nitrogens is 2. The van der Waals surface area contributed by atoms with E-state index >= 15 is 0 Å². The van der Waals surface area contributed by atoms with Crippen molar-refractivity contribution >= 4 is 11.7 Å². The maximum atomic E-state index is 6.02. The molecule has 1 aromatic rings.